The quantitative estimate of drug-likeness (QED) is 0.525. The molecule has 7 nitrogen and oxygen atoms in total. The van der Waals surface area contributed by atoms with Gasteiger partial charge in [-0.15, -0.1) is 0 Å². The first-order valence-corrected chi connectivity index (χ1v) is 8.23. The number of hydrogen-bond donors (Lipinski definition) is 3. The van der Waals surface area contributed by atoms with Crippen LogP contribution in [0.2, 0.25) is 0 Å². The number of carbonyl (C=O) groups excluding carboxylic acids is 2. The van der Waals surface area contributed by atoms with Gasteiger partial charge in [0.2, 0.25) is 0 Å². The van der Waals surface area contributed by atoms with Crippen molar-refractivity contribution in [1.82, 2.24) is 9.97 Å². The van der Waals surface area contributed by atoms with Crippen LogP contribution in [0.25, 0.3) is 0 Å². The molecule has 1 heterocycles. The fourth-order valence-electron chi connectivity index (χ4n) is 1.62. The second-order valence-corrected chi connectivity index (χ2v) is 6.46. The lowest BCUT2D eigenvalue weighted by Gasteiger charge is -2.08. The maximum Gasteiger partial charge on any atom is 0.277 e. The lowest BCUT2D eigenvalue weighted by molar-refractivity contribution is -0.114. The van der Waals surface area contributed by atoms with Crippen LogP contribution in [-0.4, -0.2) is 27.4 Å². The van der Waals surface area contributed by atoms with E-state index < -0.39 is 11.5 Å². The van der Waals surface area contributed by atoms with Crippen molar-refractivity contribution in [1.29, 1.82) is 0 Å². The Morgan fingerprint density at radius 2 is 2.00 bits per heavy atom. The average Bonchev–Trinajstić information content (AvgIpc) is 2.49. The highest BCUT2D eigenvalue weighted by molar-refractivity contribution is 9.10. The Hall–Kier alpha value is -2.13. The molecule has 0 saturated heterocycles. The molecule has 1 aromatic heterocycles. The van der Waals surface area contributed by atoms with Crippen molar-refractivity contribution in [2.45, 2.75) is 12.1 Å². The molecule has 1 aromatic carbocycles. The van der Waals surface area contributed by atoms with Gasteiger partial charge >= 0.3 is 0 Å². The number of anilines is 2. The molecular formula is C14H13BrN4O3S. The van der Waals surface area contributed by atoms with Crippen molar-refractivity contribution >= 4 is 50.9 Å². The van der Waals surface area contributed by atoms with E-state index in [-0.39, 0.29) is 28.2 Å². The molecule has 2 aromatic rings. The smallest absolute Gasteiger partial charge is 0.277 e. The molecule has 1 amide bonds. The molecule has 0 spiro atoms. The van der Waals surface area contributed by atoms with Crippen molar-refractivity contribution in [3.63, 3.8) is 0 Å². The number of nitrogens with one attached hydrogen (secondary N) is 2. The number of Topliss-reactive ketones (excluding diaryl/α,β-unsaturated/α-hetero) is 1. The monoisotopic (exact) mass is 396 g/mol. The standard InChI is InChI=1S/C14H13BrN4O3S/c1-7(20)6-23-14-18-11(16)10(13(22)19-14)17-12(21)8-2-4-9(15)5-3-8/h2-5H,6H2,1H3,(H,17,21)(H3,16,18,19,22). The van der Waals surface area contributed by atoms with Gasteiger partial charge in [0.25, 0.3) is 11.5 Å². The SMILES string of the molecule is CC(=O)CSc1nc(N)c(NC(=O)c2ccc(Br)cc2)c(=O)[nH]1. The first kappa shape index (κ1) is 17.2. The maximum absolute atomic E-state index is 12.1. The zero-order valence-corrected chi connectivity index (χ0v) is 14.5. The van der Waals surface area contributed by atoms with Crippen LogP contribution in [0.15, 0.2) is 38.7 Å². The minimum Gasteiger partial charge on any atom is -0.382 e. The number of thioether (sulfide) groups is 1. The molecule has 0 unspecified atom stereocenters. The summed E-state index contributed by atoms with van der Waals surface area (Å²) in [5, 5.41) is 2.67. The number of aromatic nitrogens is 2. The van der Waals surface area contributed by atoms with E-state index in [2.05, 4.69) is 31.2 Å². The Bertz CT molecular complexity index is 805. The van der Waals surface area contributed by atoms with Crippen LogP contribution in [0.4, 0.5) is 11.5 Å². The van der Waals surface area contributed by atoms with Crippen LogP contribution in [0.1, 0.15) is 17.3 Å². The van der Waals surface area contributed by atoms with E-state index in [0.29, 0.717) is 5.56 Å². The van der Waals surface area contributed by atoms with Crippen LogP contribution in [-0.2, 0) is 4.79 Å². The Morgan fingerprint density at radius 3 is 2.57 bits per heavy atom. The highest BCUT2D eigenvalue weighted by atomic mass is 79.9. The summed E-state index contributed by atoms with van der Waals surface area (Å²) in [6, 6.07) is 6.63. The average molecular weight is 397 g/mol. The molecule has 23 heavy (non-hydrogen) atoms. The normalized spacial score (nSPS) is 10.3. The number of hydrogen-bond acceptors (Lipinski definition) is 6. The number of benzene rings is 1. The number of aromatic amines is 1. The number of H-pyrrole nitrogens is 1. The van der Waals surface area contributed by atoms with E-state index in [4.69, 9.17) is 5.73 Å². The first-order valence-electron chi connectivity index (χ1n) is 6.45. The van der Waals surface area contributed by atoms with Gasteiger partial charge in [-0.05, 0) is 31.2 Å². The van der Waals surface area contributed by atoms with Gasteiger partial charge < -0.3 is 11.1 Å². The van der Waals surface area contributed by atoms with Crippen molar-refractivity contribution in [2.75, 3.05) is 16.8 Å². The Morgan fingerprint density at radius 1 is 1.35 bits per heavy atom. The van der Waals surface area contributed by atoms with E-state index in [9.17, 15) is 14.4 Å². The van der Waals surface area contributed by atoms with Crippen molar-refractivity contribution < 1.29 is 9.59 Å². The predicted octanol–water partition coefficient (Wildman–Crippen LogP) is 2.05. The largest absolute Gasteiger partial charge is 0.382 e. The summed E-state index contributed by atoms with van der Waals surface area (Å²) in [5.41, 5.74) is 5.41. The lowest BCUT2D eigenvalue weighted by atomic mass is 10.2. The lowest BCUT2D eigenvalue weighted by Crippen LogP contribution is -2.23. The molecular weight excluding hydrogens is 384 g/mol. The topological polar surface area (TPSA) is 118 Å². The number of rotatable bonds is 5. The number of amides is 1. The van der Waals surface area contributed by atoms with Gasteiger partial charge in [0, 0.05) is 10.0 Å². The number of halogens is 1. The third kappa shape index (κ3) is 4.67. The minimum absolute atomic E-state index is 0.0520. The zero-order chi connectivity index (χ0) is 17.0. The van der Waals surface area contributed by atoms with Crippen LogP contribution in [0.5, 0.6) is 0 Å². The summed E-state index contributed by atoms with van der Waals surface area (Å²) < 4.78 is 0.833. The second-order valence-electron chi connectivity index (χ2n) is 4.58. The zero-order valence-electron chi connectivity index (χ0n) is 12.1. The van der Waals surface area contributed by atoms with E-state index in [1.165, 1.54) is 6.92 Å². The molecule has 0 aliphatic heterocycles. The summed E-state index contributed by atoms with van der Waals surface area (Å²) in [6.07, 6.45) is 0. The van der Waals surface area contributed by atoms with Gasteiger partial charge in [-0.1, -0.05) is 27.7 Å². The molecule has 0 atom stereocenters. The molecule has 0 radical (unpaired) electrons. The highest BCUT2D eigenvalue weighted by Crippen LogP contribution is 2.17. The highest BCUT2D eigenvalue weighted by Gasteiger charge is 2.14. The molecule has 0 fully saturated rings. The summed E-state index contributed by atoms with van der Waals surface area (Å²) in [7, 11) is 0. The maximum atomic E-state index is 12.1. The Labute approximate surface area is 144 Å². The molecule has 9 heteroatoms. The third-order valence-electron chi connectivity index (χ3n) is 2.68. The second kappa shape index (κ2) is 7.42. The van der Waals surface area contributed by atoms with Crippen LogP contribution in [0.3, 0.4) is 0 Å². The summed E-state index contributed by atoms with van der Waals surface area (Å²) in [6.45, 7) is 1.43. The molecule has 0 bridgehead atoms. The van der Waals surface area contributed by atoms with Crippen molar-refractivity contribution in [3.8, 4) is 0 Å². The van der Waals surface area contributed by atoms with Gasteiger partial charge in [0.05, 0.1) is 5.75 Å². The van der Waals surface area contributed by atoms with Gasteiger partial charge in [0.1, 0.15) is 11.5 Å². The van der Waals surface area contributed by atoms with E-state index in [0.717, 1.165) is 16.2 Å². The number of nitrogens with two attached hydrogens (primary N) is 1. The number of nitrogens with zero attached hydrogens (tertiary/aromatic N) is 1. The predicted molar refractivity (Wildman–Crippen MR) is 92.8 cm³/mol. The van der Waals surface area contributed by atoms with Gasteiger partial charge in [0.15, 0.2) is 11.0 Å². The fourth-order valence-corrected chi connectivity index (χ4v) is 2.55. The molecule has 0 aliphatic rings. The van der Waals surface area contributed by atoms with Gasteiger partial charge in [-0.25, -0.2) is 4.98 Å². The summed E-state index contributed by atoms with van der Waals surface area (Å²) in [5.74, 6) is -0.456. The molecule has 0 aliphatic carbocycles. The molecule has 2 rings (SSSR count). The van der Waals surface area contributed by atoms with E-state index in [1.807, 2.05) is 0 Å². The van der Waals surface area contributed by atoms with Gasteiger partial charge in [-0.3, -0.25) is 19.4 Å². The van der Waals surface area contributed by atoms with Crippen molar-refractivity contribution in [3.05, 3.63) is 44.7 Å². The van der Waals surface area contributed by atoms with Crippen molar-refractivity contribution in [2.24, 2.45) is 0 Å². The number of carbonyl (C=O) groups is 2. The molecule has 0 saturated carbocycles. The Balaban J connectivity index is 2.20. The van der Waals surface area contributed by atoms with Gasteiger partial charge in [-0.2, -0.15) is 0 Å². The minimum atomic E-state index is -0.575. The fraction of sp³-hybridized carbons (Fsp3) is 0.143. The van der Waals surface area contributed by atoms with Crippen LogP contribution < -0.4 is 16.6 Å². The van der Waals surface area contributed by atoms with Crippen LogP contribution >= 0.6 is 27.7 Å². The van der Waals surface area contributed by atoms with Crippen LogP contribution in [0, 0.1) is 0 Å². The Kier molecular flexibility index (Phi) is 5.56. The summed E-state index contributed by atoms with van der Waals surface area (Å²) >= 11 is 4.34. The molecule has 120 valence electrons. The summed E-state index contributed by atoms with van der Waals surface area (Å²) in [4.78, 5) is 41.6. The first-order chi connectivity index (χ1) is 10.9. The number of nitrogen functional groups attached to an aromatic ring is 1. The van der Waals surface area contributed by atoms with E-state index in [1.54, 1.807) is 24.3 Å². The van der Waals surface area contributed by atoms with E-state index >= 15 is 0 Å². The number of ketones is 1. The molecule has 4 N–H and O–H groups in total. The third-order valence-corrected chi connectivity index (χ3v) is 4.23.